The maximum atomic E-state index is 13.1. The van der Waals surface area contributed by atoms with Crippen LogP contribution in [0.1, 0.15) is 17.5 Å². The van der Waals surface area contributed by atoms with E-state index in [9.17, 15) is 9.59 Å². The minimum atomic E-state index is -0.564. The molecule has 2 aromatic rings. The fourth-order valence-corrected chi connectivity index (χ4v) is 4.53. The topological polar surface area (TPSA) is 89.5 Å². The highest BCUT2D eigenvalue weighted by molar-refractivity contribution is 8.15. The van der Waals surface area contributed by atoms with E-state index < -0.39 is 5.25 Å². The molecular weight excluding hydrogens is 442 g/mol. The first kappa shape index (κ1) is 24.6. The van der Waals surface area contributed by atoms with E-state index in [2.05, 4.69) is 5.32 Å². The second-order valence-corrected chi connectivity index (χ2v) is 8.77. The van der Waals surface area contributed by atoms with Crippen molar-refractivity contribution in [2.24, 2.45) is 4.99 Å². The Balaban J connectivity index is 1.76. The number of ether oxygens (including phenoxy) is 3. The summed E-state index contributed by atoms with van der Waals surface area (Å²) in [6, 6.07) is 11.1. The van der Waals surface area contributed by atoms with E-state index in [1.165, 1.54) is 18.9 Å². The van der Waals surface area contributed by atoms with Crippen LogP contribution in [0, 0.1) is 13.8 Å². The number of anilines is 1. The highest BCUT2D eigenvalue weighted by Gasteiger charge is 2.39. The minimum absolute atomic E-state index is 0.0210. The van der Waals surface area contributed by atoms with E-state index >= 15 is 0 Å². The number of amidine groups is 1. The van der Waals surface area contributed by atoms with Gasteiger partial charge in [0.2, 0.25) is 11.8 Å². The maximum Gasteiger partial charge on any atom is 0.242 e. The van der Waals surface area contributed by atoms with Crippen LogP contribution in [-0.4, -0.2) is 61.6 Å². The highest BCUT2D eigenvalue weighted by atomic mass is 32.2. The summed E-state index contributed by atoms with van der Waals surface area (Å²) >= 11 is 1.30. The Morgan fingerprint density at radius 1 is 1.09 bits per heavy atom. The van der Waals surface area contributed by atoms with Crippen molar-refractivity contribution < 1.29 is 23.8 Å². The zero-order valence-electron chi connectivity index (χ0n) is 19.5. The third-order valence-electron chi connectivity index (χ3n) is 5.16. The lowest BCUT2D eigenvalue weighted by molar-refractivity contribution is -0.128. The van der Waals surface area contributed by atoms with E-state index in [0.29, 0.717) is 35.5 Å². The smallest absolute Gasteiger partial charge is 0.242 e. The van der Waals surface area contributed by atoms with Crippen LogP contribution in [-0.2, 0) is 14.3 Å². The third kappa shape index (κ3) is 6.06. The molecule has 0 spiro atoms. The predicted molar refractivity (Wildman–Crippen MR) is 131 cm³/mol. The van der Waals surface area contributed by atoms with Crippen LogP contribution in [0.25, 0.3) is 0 Å². The van der Waals surface area contributed by atoms with Crippen molar-refractivity contribution in [3.8, 4) is 11.5 Å². The Kier molecular flexibility index (Phi) is 8.35. The number of carbonyl (C=O) groups is 2. The number of amides is 2. The van der Waals surface area contributed by atoms with E-state index in [-0.39, 0.29) is 18.2 Å². The first-order valence-electron chi connectivity index (χ1n) is 10.5. The third-order valence-corrected chi connectivity index (χ3v) is 6.33. The number of nitrogens with zero attached hydrogens (tertiary/aromatic N) is 2. The molecule has 1 aliphatic rings. The van der Waals surface area contributed by atoms with Crippen LogP contribution in [0.2, 0.25) is 0 Å². The van der Waals surface area contributed by atoms with Crippen molar-refractivity contribution in [3.63, 3.8) is 0 Å². The molecule has 33 heavy (non-hydrogen) atoms. The number of hydrogen-bond acceptors (Lipinski definition) is 7. The molecule has 1 unspecified atom stereocenters. The molecule has 1 heterocycles. The van der Waals surface area contributed by atoms with Gasteiger partial charge in [0.1, 0.15) is 5.25 Å². The zero-order valence-corrected chi connectivity index (χ0v) is 20.3. The van der Waals surface area contributed by atoms with Gasteiger partial charge in [-0.3, -0.25) is 14.5 Å². The number of aryl methyl sites for hydroxylation is 2. The van der Waals surface area contributed by atoms with Crippen molar-refractivity contribution in [1.82, 2.24) is 4.90 Å². The van der Waals surface area contributed by atoms with Gasteiger partial charge in [-0.25, -0.2) is 4.99 Å². The molecule has 0 aliphatic carbocycles. The first-order chi connectivity index (χ1) is 15.9. The van der Waals surface area contributed by atoms with Crippen molar-refractivity contribution in [2.75, 3.05) is 39.8 Å². The maximum absolute atomic E-state index is 13.1. The van der Waals surface area contributed by atoms with Gasteiger partial charge < -0.3 is 19.5 Å². The lowest BCUT2D eigenvalue weighted by atomic mass is 10.1. The summed E-state index contributed by atoms with van der Waals surface area (Å²) in [5, 5.41) is 2.85. The minimum Gasteiger partial charge on any atom is -0.493 e. The Bertz CT molecular complexity index is 1060. The number of rotatable bonds is 9. The van der Waals surface area contributed by atoms with Crippen LogP contribution < -0.4 is 14.8 Å². The fourth-order valence-electron chi connectivity index (χ4n) is 3.35. The fraction of sp³-hybridized carbons (Fsp3) is 0.375. The molecule has 3 rings (SSSR count). The van der Waals surface area contributed by atoms with Gasteiger partial charge in [0.15, 0.2) is 16.7 Å². The van der Waals surface area contributed by atoms with E-state index in [4.69, 9.17) is 19.2 Å². The quantitative estimate of drug-likeness (QED) is 0.596. The second kappa shape index (κ2) is 11.2. The van der Waals surface area contributed by atoms with E-state index in [1.807, 2.05) is 32.0 Å². The molecule has 2 aromatic carbocycles. The second-order valence-electron chi connectivity index (χ2n) is 7.60. The monoisotopic (exact) mass is 471 g/mol. The molecule has 1 atom stereocenters. The summed E-state index contributed by atoms with van der Waals surface area (Å²) in [6.45, 7) is 4.73. The normalized spacial score (nSPS) is 16.9. The van der Waals surface area contributed by atoms with Crippen molar-refractivity contribution >= 4 is 40.1 Å². The summed E-state index contributed by atoms with van der Waals surface area (Å²) in [5.41, 5.74) is 3.47. The largest absolute Gasteiger partial charge is 0.493 e. The first-order valence-corrected chi connectivity index (χ1v) is 11.4. The average molecular weight is 472 g/mol. The Morgan fingerprint density at radius 2 is 1.85 bits per heavy atom. The van der Waals surface area contributed by atoms with Gasteiger partial charge in [0.25, 0.3) is 0 Å². The molecule has 1 N–H and O–H groups in total. The predicted octanol–water partition coefficient (Wildman–Crippen LogP) is 3.93. The standard InChI is InChI=1S/C24H29N3O5S/c1-15-6-7-16(2)18(12-15)26-24-27(10-11-30-3)23(29)21(33-24)14-22(28)25-17-8-9-19(31-4)20(13-17)32-5/h6-9,12-13,21H,10-11,14H2,1-5H3,(H,25,28). The summed E-state index contributed by atoms with van der Waals surface area (Å²) in [4.78, 5) is 32.2. The molecule has 1 fully saturated rings. The molecule has 8 nitrogen and oxygen atoms in total. The SMILES string of the molecule is COCCN1C(=O)C(CC(=O)Nc2ccc(OC)c(OC)c2)SC1=Nc1cc(C)ccc1C. The molecule has 2 amide bonds. The highest BCUT2D eigenvalue weighted by Crippen LogP contribution is 2.34. The molecular formula is C24H29N3O5S. The Labute approximate surface area is 198 Å². The van der Waals surface area contributed by atoms with Gasteiger partial charge in [0, 0.05) is 25.3 Å². The number of thioether (sulfide) groups is 1. The van der Waals surface area contributed by atoms with Crippen LogP contribution in [0.15, 0.2) is 41.4 Å². The van der Waals surface area contributed by atoms with Gasteiger partial charge in [0.05, 0.1) is 33.1 Å². The molecule has 0 saturated carbocycles. The number of nitrogens with one attached hydrogen (secondary N) is 1. The van der Waals surface area contributed by atoms with Gasteiger partial charge in [-0.05, 0) is 43.2 Å². The van der Waals surface area contributed by atoms with Crippen molar-refractivity contribution in [2.45, 2.75) is 25.5 Å². The molecule has 1 aliphatic heterocycles. The number of aliphatic imine (C=N–C) groups is 1. The van der Waals surface area contributed by atoms with Gasteiger partial charge in [-0.1, -0.05) is 23.9 Å². The molecule has 0 aromatic heterocycles. The molecule has 1 saturated heterocycles. The summed E-state index contributed by atoms with van der Waals surface area (Å²) < 4.78 is 15.7. The number of hydrogen-bond donors (Lipinski definition) is 1. The Morgan fingerprint density at radius 3 is 2.55 bits per heavy atom. The molecule has 0 radical (unpaired) electrons. The average Bonchev–Trinajstić information content (AvgIpc) is 3.08. The molecule has 0 bridgehead atoms. The van der Waals surface area contributed by atoms with Crippen LogP contribution in [0.5, 0.6) is 11.5 Å². The van der Waals surface area contributed by atoms with E-state index in [1.54, 1.807) is 37.3 Å². The lowest BCUT2D eigenvalue weighted by Gasteiger charge is -2.16. The van der Waals surface area contributed by atoms with Gasteiger partial charge in [-0.15, -0.1) is 0 Å². The number of methoxy groups -OCH3 is 3. The number of carbonyl (C=O) groups excluding carboxylic acids is 2. The summed E-state index contributed by atoms with van der Waals surface area (Å²) in [5.74, 6) is 0.657. The van der Waals surface area contributed by atoms with E-state index in [0.717, 1.165) is 16.8 Å². The zero-order chi connectivity index (χ0) is 24.0. The lowest BCUT2D eigenvalue weighted by Crippen LogP contribution is -2.35. The van der Waals surface area contributed by atoms with Crippen molar-refractivity contribution in [3.05, 3.63) is 47.5 Å². The number of benzene rings is 2. The van der Waals surface area contributed by atoms with Crippen molar-refractivity contribution in [1.29, 1.82) is 0 Å². The van der Waals surface area contributed by atoms with Crippen LogP contribution in [0.4, 0.5) is 11.4 Å². The Hall–Kier alpha value is -3.04. The molecule has 9 heteroatoms. The summed E-state index contributed by atoms with van der Waals surface area (Å²) in [7, 11) is 4.66. The summed E-state index contributed by atoms with van der Waals surface area (Å²) in [6.07, 6.45) is 0.0210. The molecule has 176 valence electrons. The van der Waals surface area contributed by atoms with Gasteiger partial charge in [-0.2, -0.15) is 0 Å². The van der Waals surface area contributed by atoms with Gasteiger partial charge >= 0.3 is 0 Å². The van der Waals surface area contributed by atoms with Crippen LogP contribution >= 0.6 is 11.8 Å². The van der Waals surface area contributed by atoms with Crippen LogP contribution in [0.3, 0.4) is 0 Å².